The van der Waals surface area contributed by atoms with Crippen LogP contribution in [0.1, 0.15) is 35.9 Å². The summed E-state index contributed by atoms with van der Waals surface area (Å²) in [7, 11) is 0. The van der Waals surface area contributed by atoms with Gasteiger partial charge in [0.2, 0.25) is 5.89 Å². The van der Waals surface area contributed by atoms with Crippen molar-refractivity contribution in [3.05, 3.63) is 114 Å². The highest BCUT2D eigenvalue weighted by Gasteiger charge is 2.14. The lowest BCUT2D eigenvalue weighted by Gasteiger charge is -2.07. The van der Waals surface area contributed by atoms with Crippen molar-refractivity contribution >= 4 is 5.97 Å². The zero-order valence-corrected chi connectivity index (χ0v) is 22.2. The standard InChI is InChI=1S/C32H31N3O4/c1-3-37-31(36)17-14-26-20-35(21-28(26)29-11-7-8-18-33-29)19-24-12-15-27(16-13-24)38-22-30-23(2)39-32(34-30)25-9-5-4-6-10-25/h4-13,15-16,18,20-21H,3,14,17,19,22H2,1-2H3. The van der Waals surface area contributed by atoms with E-state index in [0.29, 0.717) is 38.5 Å². The minimum absolute atomic E-state index is 0.190. The molecular formula is C32H31N3O4. The van der Waals surface area contributed by atoms with Gasteiger partial charge in [-0.25, -0.2) is 4.98 Å². The lowest BCUT2D eigenvalue weighted by molar-refractivity contribution is -0.143. The molecule has 0 radical (unpaired) electrons. The molecule has 7 heteroatoms. The molecule has 0 saturated heterocycles. The number of hydrogen-bond donors (Lipinski definition) is 0. The monoisotopic (exact) mass is 521 g/mol. The molecule has 0 aliphatic heterocycles. The first-order chi connectivity index (χ1) is 19.1. The Kier molecular flexibility index (Phi) is 8.17. The third kappa shape index (κ3) is 6.62. The van der Waals surface area contributed by atoms with E-state index >= 15 is 0 Å². The van der Waals surface area contributed by atoms with Gasteiger partial charge in [-0.05, 0) is 67.8 Å². The van der Waals surface area contributed by atoms with E-state index in [0.717, 1.165) is 45.2 Å². The molecule has 0 bridgehead atoms. The number of hydrogen-bond acceptors (Lipinski definition) is 6. The van der Waals surface area contributed by atoms with Crippen LogP contribution in [0.5, 0.6) is 5.75 Å². The fourth-order valence-electron chi connectivity index (χ4n) is 4.39. The van der Waals surface area contributed by atoms with E-state index in [1.807, 2.05) is 74.5 Å². The van der Waals surface area contributed by atoms with E-state index in [-0.39, 0.29) is 5.97 Å². The maximum atomic E-state index is 12.0. The van der Waals surface area contributed by atoms with Gasteiger partial charge < -0.3 is 18.5 Å². The van der Waals surface area contributed by atoms with Crippen LogP contribution in [0.3, 0.4) is 0 Å². The molecule has 3 heterocycles. The predicted molar refractivity (Wildman–Crippen MR) is 149 cm³/mol. The van der Waals surface area contributed by atoms with E-state index in [1.165, 1.54) is 0 Å². The third-order valence-electron chi connectivity index (χ3n) is 6.38. The molecule has 2 aromatic carbocycles. The van der Waals surface area contributed by atoms with Gasteiger partial charge in [0.25, 0.3) is 0 Å². The molecule has 0 atom stereocenters. The Morgan fingerprint density at radius 2 is 1.77 bits per heavy atom. The Bertz CT molecular complexity index is 1510. The highest BCUT2D eigenvalue weighted by atomic mass is 16.5. The minimum Gasteiger partial charge on any atom is -0.487 e. The molecule has 0 aliphatic carbocycles. The Morgan fingerprint density at radius 3 is 2.51 bits per heavy atom. The van der Waals surface area contributed by atoms with Crippen LogP contribution in [0.25, 0.3) is 22.7 Å². The van der Waals surface area contributed by atoms with Crippen molar-refractivity contribution in [3.8, 4) is 28.5 Å². The Hall–Kier alpha value is -4.65. The van der Waals surface area contributed by atoms with Crippen molar-refractivity contribution < 1.29 is 18.7 Å². The van der Waals surface area contributed by atoms with Crippen molar-refractivity contribution in [1.82, 2.24) is 14.5 Å². The summed E-state index contributed by atoms with van der Waals surface area (Å²) < 4.78 is 19.1. The van der Waals surface area contributed by atoms with Crippen molar-refractivity contribution in [2.45, 2.75) is 39.8 Å². The van der Waals surface area contributed by atoms with Gasteiger partial charge in [-0.15, -0.1) is 0 Å². The highest BCUT2D eigenvalue weighted by Crippen LogP contribution is 2.26. The molecular weight excluding hydrogens is 490 g/mol. The smallest absolute Gasteiger partial charge is 0.306 e. The molecule has 0 fully saturated rings. The zero-order valence-electron chi connectivity index (χ0n) is 22.2. The number of rotatable bonds is 11. The fourth-order valence-corrected chi connectivity index (χ4v) is 4.39. The van der Waals surface area contributed by atoms with Gasteiger partial charge in [0.15, 0.2) is 0 Å². The number of benzene rings is 2. The lowest BCUT2D eigenvalue weighted by Crippen LogP contribution is -2.05. The van der Waals surface area contributed by atoms with Crippen LogP contribution in [0.2, 0.25) is 0 Å². The van der Waals surface area contributed by atoms with E-state index < -0.39 is 0 Å². The summed E-state index contributed by atoms with van der Waals surface area (Å²) in [6.07, 6.45) is 6.89. The second kappa shape index (κ2) is 12.3. The quantitative estimate of drug-likeness (QED) is 0.181. The van der Waals surface area contributed by atoms with Crippen molar-refractivity contribution in [3.63, 3.8) is 0 Å². The molecule has 39 heavy (non-hydrogen) atoms. The van der Waals surface area contributed by atoms with E-state index in [1.54, 1.807) is 6.20 Å². The van der Waals surface area contributed by atoms with Crippen LogP contribution in [-0.4, -0.2) is 27.1 Å². The summed E-state index contributed by atoms with van der Waals surface area (Å²) >= 11 is 0. The minimum atomic E-state index is -0.190. The van der Waals surface area contributed by atoms with E-state index in [9.17, 15) is 4.79 Å². The summed E-state index contributed by atoms with van der Waals surface area (Å²) in [4.78, 5) is 21.1. The van der Waals surface area contributed by atoms with Crippen LogP contribution in [0.4, 0.5) is 0 Å². The number of nitrogens with zero attached hydrogens (tertiary/aromatic N) is 3. The number of aryl methyl sites for hydroxylation is 2. The summed E-state index contributed by atoms with van der Waals surface area (Å²) in [6.45, 7) is 5.12. The topological polar surface area (TPSA) is 79.4 Å². The molecule has 0 N–H and O–H groups in total. The fraction of sp³-hybridized carbons (Fsp3) is 0.219. The van der Waals surface area contributed by atoms with E-state index in [4.69, 9.17) is 13.9 Å². The van der Waals surface area contributed by atoms with Crippen LogP contribution in [0.15, 0.2) is 95.8 Å². The second-order valence-corrected chi connectivity index (χ2v) is 9.21. The highest BCUT2D eigenvalue weighted by molar-refractivity contribution is 5.71. The molecule has 7 nitrogen and oxygen atoms in total. The summed E-state index contributed by atoms with van der Waals surface area (Å²) in [5.74, 6) is 1.92. The first-order valence-electron chi connectivity index (χ1n) is 13.1. The molecule has 198 valence electrons. The summed E-state index contributed by atoms with van der Waals surface area (Å²) in [5.41, 5.74) is 5.83. The number of aromatic nitrogens is 3. The Morgan fingerprint density at radius 1 is 0.974 bits per heavy atom. The van der Waals surface area contributed by atoms with Gasteiger partial charge >= 0.3 is 5.97 Å². The number of pyridine rings is 1. The van der Waals surface area contributed by atoms with Gasteiger partial charge in [-0.2, -0.15) is 0 Å². The molecule has 5 rings (SSSR count). The zero-order chi connectivity index (χ0) is 27.0. The van der Waals surface area contributed by atoms with Crippen LogP contribution in [0, 0.1) is 6.92 Å². The molecule has 0 saturated carbocycles. The maximum absolute atomic E-state index is 12.0. The molecule has 5 aromatic rings. The predicted octanol–water partition coefficient (Wildman–Crippen LogP) is 6.64. The van der Waals surface area contributed by atoms with E-state index in [2.05, 4.69) is 39.1 Å². The van der Waals surface area contributed by atoms with Gasteiger partial charge in [-0.1, -0.05) is 36.4 Å². The van der Waals surface area contributed by atoms with Gasteiger partial charge in [0.1, 0.15) is 23.8 Å². The largest absolute Gasteiger partial charge is 0.487 e. The summed E-state index contributed by atoms with van der Waals surface area (Å²) in [6, 6.07) is 23.7. The third-order valence-corrected chi connectivity index (χ3v) is 6.38. The van der Waals surface area contributed by atoms with Crippen molar-refractivity contribution in [2.24, 2.45) is 0 Å². The van der Waals surface area contributed by atoms with Gasteiger partial charge in [-0.3, -0.25) is 9.78 Å². The normalized spacial score (nSPS) is 10.9. The molecule has 3 aromatic heterocycles. The average molecular weight is 522 g/mol. The summed E-state index contributed by atoms with van der Waals surface area (Å²) in [5, 5.41) is 0. The molecule has 0 aliphatic rings. The first-order valence-corrected chi connectivity index (χ1v) is 13.1. The maximum Gasteiger partial charge on any atom is 0.306 e. The van der Waals surface area contributed by atoms with Gasteiger partial charge in [0.05, 0.1) is 12.3 Å². The van der Waals surface area contributed by atoms with Crippen LogP contribution < -0.4 is 4.74 Å². The number of oxazole rings is 1. The van der Waals surface area contributed by atoms with Crippen molar-refractivity contribution in [2.75, 3.05) is 6.61 Å². The SMILES string of the molecule is CCOC(=O)CCc1cn(Cc2ccc(OCc3nc(-c4ccccc4)oc3C)cc2)cc1-c1ccccn1. The lowest BCUT2D eigenvalue weighted by atomic mass is 10.1. The van der Waals surface area contributed by atoms with Crippen LogP contribution >= 0.6 is 0 Å². The number of ether oxygens (including phenoxy) is 2. The Balaban J connectivity index is 1.24. The number of carbonyl (C=O) groups excluding carboxylic acids is 1. The Labute approximate surface area is 228 Å². The molecule has 0 spiro atoms. The average Bonchev–Trinajstić information content (AvgIpc) is 3.55. The second-order valence-electron chi connectivity index (χ2n) is 9.21. The molecule has 0 unspecified atom stereocenters. The van der Waals surface area contributed by atoms with Crippen LogP contribution in [-0.2, 0) is 29.1 Å². The number of esters is 1. The number of carbonyl (C=O) groups is 1. The molecule has 0 amide bonds. The first kappa shape index (κ1) is 26.0. The van der Waals surface area contributed by atoms with Crippen molar-refractivity contribution in [1.29, 1.82) is 0 Å². The van der Waals surface area contributed by atoms with Gasteiger partial charge in [0, 0.05) is 42.7 Å².